The fourth-order valence-electron chi connectivity index (χ4n) is 3.30. The lowest BCUT2D eigenvalue weighted by atomic mass is 9.98. The van der Waals surface area contributed by atoms with Crippen molar-refractivity contribution in [3.05, 3.63) is 107 Å². The Morgan fingerprint density at radius 3 is 2.35 bits per heavy atom. The third kappa shape index (κ3) is 5.01. The minimum Gasteiger partial charge on any atom is -0.345 e. The van der Waals surface area contributed by atoms with Gasteiger partial charge in [-0.25, -0.2) is 8.78 Å². The first kappa shape index (κ1) is 20.4. The van der Waals surface area contributed by atoms with Gasteiger partial charge in [-0.2, -0.15) is 4.98 Å². The van der Waals surface area contributed by atoms with Crippen LogP contribution in [0.1, 0.15) is 33.4 Å². The summed E-state index contributed by atoms with van der Waals surface area (Å²) in [6, 6.07) is 18.3. The molecule has 0 aliphatic rings. The molecule has 0 spiro atoms. The van der Waals surface area contributed by atoms with Crippen molar-refractivity contribution in [2.75, 3.05) is 0 Å². The Bertz CT molecular complexity index is 1210. The van der Waals surface area contributed by atoms with Crippen molar-refractivity contribution >= 4 is 5.91 Å². The standard InChI is InChI=1S/C24H19F2N3O2/c1-15-27-24(31-29-15)18-10-8-17(9-11-18)23(30)28-22(19-5-3-7-21(26)14-19)13-16-4-2-6-20(25)12-16/h2-12,14,22H,13H2,1H3,(H,28,30). The molecule has 0 radical (unpaired) electrons. The Hall–Kier alpha value is -3.87. The number of amides is 1. The van der Waals surface area contributed by atoms with E-state index in [0.29, 0.717) is 40.4 Å². The SMILES string of the molecule is Cc1noc(-c2ccc(C(=O)NC(Cc3cccc(F)c3)c3cccc(F)c3)cc2)n1. The summed E-state index contributed by atoms with van der Waals surface area (Å²) in [5.41, 5.74) is 2.39. The minimum atomic E-state index is -0.539. The van der Waals surface area contributed by atoms with E-state index < -0.39 is 11.9 Å². The van der Waals surface area contributed by atoms with Crippen LogP contribution in [0.25, 0.3) is 11.5 Å². The molecule has 0 saturated heterocycles. The van der Waals surface area contributed by atoms with Crippen LogP contribution in [0.15, 0.2) is 77.3 Å². The van der Waals surface area contributed by atoms with Gasteiger partial charge >= 0.3 is 0 Å². The molecule has 1 heterocycles. The van der Waals surface area contributed by atoms with Crippen LogP contribution in [0.2, 0.25) is 0 Å². The molecule has 1 amide bonds. The van der Waals surface area contributed by atoms with Crippen molar-refractivity contribution in [1.82, 2.24) is 15.5 Å². The van der Waals surface area contributed by atoms with Gasteiger partial charge in [-0.05, 0) is 73.0 Å². The number of aromatic nitrogens is 2. The summed E-state index contributed by atoms with van der Waals surface area (Å²) in [5.74, 6) is -0.219. The van der Waals surface area contributed by atoms with Gasteiger partial charge in [0.1, 0.15) is 11.6 Å². The Balaban J connectivity index is 1.56. The molecule has 1 N–H and O–H groups in total. The summed E-state index contributed by atoms with van der Waals surface area (Å²) in [6.45, 7) is 1.72. The lowest BCUT2D eigenvalue weighted by Gasteiger charge is -2.20. The molecule has 0 aliphatic carbocycles. The number of carbonyl (C=O) groups excluding carboxylic acids is 1. The van der Waals surface area contributed by atoms with Gasteiger partial charge in [0.2, 0.25) is 0 Å². The molecular formula is C24H19F2N3O2. The molecular weight excluding hydrogens is 400 g/mol. The number of hydrogen-bond acceptors (Lipinski definition) is 4. The molecule has 0 saturated carbocycles. The highest BCUT2D eigenvalue weighted by atomic mass is 19.1. The van der Waals surface area contributed by atoms with Gasteiger partial charge in [0.05, 0.1) is 6.04 Å². The van der Waals surface area contributed by atoms with E-state index in [4.69, 9.17) is 4.52 Å². The Morgan fingerprint density at radius 1 is 1.00 bits per heavy atom. The monoisotopic (exact) mass is 419 g/mol. The van der Waals surface area contributed by atoms with E-state index in [1.165, 1.54) is 24.3 Å². The lowest BCUT2D eigenvalue weighted by molar-refractivity contribution is 0.0936. The molecule has 0 bridgehead atoms. The number of halogens is 2. The van der Waals surface area contributed by atoms with Crippen molar-refractivity contribution in [2.24, 2.45) is 0 Å². The van der Waals surface area contributed by atoms with E-state index in [0.717, 1.165) is 0 Å². The van der Waals surface area contributed by atoms with Crippen molar-refractivity contribution < 1.29 is 18.1 Å². The first-order valence-corrected chi connectivity index (χ1v) is 9.69. The van der Waals surface area contributed by atoms with Crippen LogP contribution in [-0.2, 0) is 6.42 Å². The molecule has 0 aliphatic heterocycles. The largest absolute Gasteiger partial charge is 0.345 e. The zero-order chi connectivity index (χ0) is 21.8. The second-order valence-electron chi connectivity index (χ2n) is 7.14. The Kier molecular flexibility index (Phi) is 5.84. The number of nitrogens with one attached hydrogen (secondary N) is 1. The average Bonchev–Trinajstić information content (AvgIpc) is 3.20. The second kappa shape index (κ2) is 8.87. The highest BCUT2D eigenvalue weighted by molar-refractivity contribution is 5.94. The van der Waals surface area contributed by atoms with Crippen molar-refractivity contribution in [1.29, 1.82) is 0 Å². The maximum absolute atomic E-state index is 13.8. The summed E-state index contributed by atoms with van der Waals surface area (Å²) in [7, 11) is 0. The van der Waals surface area contributed by atoms with Crippen LogP contribution in [-0.4, -0.2) is 16.0 Å². The van der Waals surface area contributed by atoms with Gasteiger partial charge < -0.3 is 9.84 Å². The van der Waals surface area contributed by atoms with Crippen LogP contribution in [0, 0.1) is 18.6 Å². The van der Waals surface area contributed by atoms with Crippen molar-refractivity contribution in [2.45, 2.75) is 19.4 Å². The van der Waals surface area contributed by atoms with E-state index in [-0.39, 0.29) is 11.7 Å². The number of carbonyl (C=O) groups is 1. The van der Waals surface area contributed by atoms with Gasteiger partial charge in [0.15, 0.2) is 5.82 Å². The third-order valence-corrected chi connectivity index (χ3v) is 4.81. The predicted molar refractivity (Wildman–Crippen MR) is 111 cm³/mol. The van der Waals surface area contributed by atoms with E-state index in [2.05, 4.69) is 15.5 Å². The quantitative estimate of drug-likeness (QED) is 0.476. The average molecular weight is 419 g/mol. The van der Waals surface area contributed by atoms with Crippen molar-refractivity contribution in [3.63, 3.8) is 0 Å². The molecule has 3 aromatic carbocycles. The highest BCUT2D eigenvalue weighted by Gasteiger charge is 2.18. The molecule has 4 aromatic rings. The topological polar surface area (TPSA) is 68.0 Å². The normalized spacial score (nSPS) is 11.8. The Labute approximate surface area is 177 Å². The summed E-state index contributed by atoms with van der Waals surface area (Å²) < 4.78 is 32.6. The number of rotatable bonds is 6. The fourth-order valence-corrected chi connectivity index (χ4v) is 3.30. The van der Waals surface area contributed by atoms with E-state index in [1.54, 1.807) is 55.5 Å². The molecule has 31 heavy (non-hydrogen) atoms. The molecule has 7 heteroatoms. The molecule has 0 fully saturated rings. The third-order valence-electron chi connectivity index (χ3n) is 4.81. The summed E-state index contributed by atoms with van der Waals surface area (Å²) in [5, 5.41) is 6.68. The van der Waals surface area contributed by atoms with Gasteiger partial charge in [-0.1, -0.05) is 29.4 Å². The maximum atomic E-state index is 13.8. The maximum Gasteiger partial charge on any atom is 0.257 e. The second-order valence-corrected chi connectivity index (χ2v) is 7.14. The predicted octanol–water partition coefficient (Wildman–Crippen LogP) is 5.04. The van der Waals surface area contributed by atoms with Gasteiger partial charge in [-0.15, -0.1) is 0 Å². The molecule has 4 rings (SSSR count). The zero-order valence-corrected chi connectivity index (χ0v) is 16.7. The molecule has 1 atom stereocenters. The van der Waals surface area contributed by atoms with Crippen LogP contribution in [0.5, 0.6) is 0 Å². The van der Waals surface area contributed by atoms with Crippen LogP contribution >= 0.6 is 0 Å². The van der Waals surface area contributed by atoms with Gasteiger partial charge in [0.25, 0.3) is 11.8 Å². The summed E-state index contributed by atoms with van der Waals surface area (Å²) in [4.78, 5) is 17.1. The first-order valence-electron chi connectivity index (χ1n) is 9.69. The number of hydrogen-bond donors (Lipinski definition) is 1. The summed E-state index contributed by atoms with van der Waals surface area (Å²) >= 11 is 0. The van der Waals surface area contributed by atoms with E-state index in [1.807, 2.05) is 0 Å². The van der Waals surface area contributed by atoms with E-state index in [9.17, 15) is 13.6 Å². The van der Waals surface area contributed by atoms with E-state index >= 15 is 0 Å². The molecule has 1 aromatic heterocycles. The van der Waals surface area contributed by atoms with Crippen LogP contribution in [0.4, 0.5) is 8.78 Å². The first-order chi connectivity index (χ1) is 15.0. The highest BCUT2D eigenvalue weighted by Crippen LogP contribution is 2.22. The van der Waals surface area contributed by atoms with Gasteiger partial charge in [0, 0.05) is 11.1 Å². The molecule has 1 unspecified atom stereocenters. The van der Waals surface area contributed by atoms with Crippen molar-refractivity contribution in [3.8, 4) is 11.5 Å². The fraction of sp³-hybridized carbons (Fsp3) is 0.125. The lowest BCUT2D eigenvalue weighted by Crippen LogP contribution is -2.30. The Morgan fingerprint density at radius 2 is 1.71 bits per heavy atom. The molecule has 156 valence electrons. The smallest absolute Gasteiger partial charge is 0.257 e. The van der Waals surface area contributed by atoms with Gasteiger partial charge in [-0.3, -0.25) is 4.79 Å². The molecule has 5 nitrogen and oxygen atoms in total. The number of nitrogens with zero attached hydrogens (tertiary/aromatic N) is 2. The minimum absolute atomic E-state index is 0.312. The van der Waals surface area contributed by atoms with Crippen LogP contribution < -0.4 is 5.32 Å². The number of benzene rings is 3. The number of aryl methyl sites for hydroxylation is 1. The summed E-state index contributed by atoms with van der Waals surface area (Å²) in [6.07, 6.45) is 0.312. The van der Waals surface area contributed by atoms with Crippen LogP contribution in [0.3, 0.4) is 0 Å². The zero-order valence-electron chi connectivity index (χ0n) is 16.7.